The molecule has 0 aromatic heterocycles. The molecule has 0 N–H and O–H groups in total. The molecule has 0 aliphatic rings. The van der Waals surface area contributed by atoms with Gasteiger partial charge in [-0.3, -0.25) is 0 Å². The van der Waals surface area contributed by atoms with E-state index in [1.807, 2.05) is 50.2 Å². The lowest BCUT2D eigenvalue weighted by atomic mass is 10.1. The Morgan fingerprint density at radius 2 is 1.70 bits per heavy atom. The van der Waals surface area contributed by atoms with E-state index in [-0.39, 0.29) is 0 Å². The number of para-hydroxylation sites is 1. The van der Waals surface area contributed by atoms with Crippen molar-refractivity contribution < 1.29 is 8.95 Å². The highest BCUT2D eigenvalue weighted by Gasteiger charge is 2.13. The van der Waals surface area contributed by atoms with Gasteiger partial charge < -0.3 is 4.74 Å². The minimum atomic E-state index is -0.914. The molecule has 0 heterocycles. The molecule has 0 fully saturated rings. The smallest absolute Gasteiger partial charge is 0.130 e. The molecule has 0 aliphatic carbocycles. The van der Waals surface area contributed by atoms with Crippen LogP contribution < -0.4 is 4.74 Å². The van der Waals surface area contributed by atoms with Gasteiger partial charge in [0.05, 0.1) is 9.83 Å². The van der Waals surface area contributed by atoms with Crippen LogP contribution in [-0.4, -0.2) is 10.5 Å². The Hall–Kier alpha value is -1.26. The van der Waals surface area contributed by atoms with E-state index in [2.05, 4.69) is 6.92 Å². The van der Waals surface area contributed by atoms with Gasteiger partial charge in [0, 0.05) is 11.2 Å². The number of hydrogen-bond donors (Lipinski definition) is 0. The molecule has 106 valence electrons. The van der Waals surface area contributed by atoms with Crippen molar-refractivity contribution in [2.24, 2.45) is 0 Å². The molecule has 4 heteroatoms. The second-order valence-corrected chi connectivity index (χ2v) is 7.96. The van der Waals surface area contributed by atoms with Gasteiger partial charge in [-0.05, 0) is 66.5 Å². The minimum Gasteiger partial charge on any atom is -0.457 e. The molecule has 1 atom stereocenters. The first-order chi connectivity index (χ1) is 9.49. The van der Waals surface area contributed by atoms with Crippen LogP contribution in [0.15, 0.2) is 41.3 Å². The summed E-state index contributed by atoms with van der Waals surface area (Å²) in [5.41, 5.74) is 3.32. The first-order valence-electron chi connectivity index (χ1n) is 6.34. The fraction of sp³-hybridized carbons (Fsp3) is 0.250. The van der Waals surface area contributed by atoms with Gasteiger partial charge in [-0.25, -0.2) is 4.21 Å². The van der Waals surface area contributed by atoms with E-state index in [0.717, 1.165) is 33.1 Å². The lowest BCUT2D eigenvalue weighted by Crippen LogP contribution is -1.96. The van der Waals surface area contributed by atoms with Crippen molar-refractivity contribution in [3.8, 4) is 11.5 Å². The molecule has 20 heavy (non-hydrogen) atoms. The van der Waals surface area contributed by atoms with Gasteiger partial charge in [-0.2, -0.15) is 0 Å². The molecule has 2 aromatic rings. The van der Waals surface area contributed by atoms with E-state index in [9.17, 15) is 4.21 Å². The Labute approximate surface area is 126 Å². The number of aryl methyl sites for hydroxylation is 1. The first kappa shape index (κ1) is 15.1. The van der Waals surface area contributed by atoms with Gasteiger partial charge >= 0.3 is 0 Å². The summed E-state index contributed by atoms with van der Waals surface area (Å²) in [6.45, 7) is 6.12. The zero-order valence-corrected chi connectivity index (χ0v) is 13.7. The molecule has 0 bridgehead atoms. The Balaban J connectivity index is 2.39. The number of benzene rings is 2. The Bertz CT molecular complexity index is 637. The summed E-state index contributed by atoms with van der Waals surface area (Å²) in [7, 11) is 0.483. The summed E-state index contributed by atoms with van der Waals surface area (Å²) in [6.07, 6.45) is 1.70. The van der Waals surface area contributed by atoms with Crippen LogP contribution >= 0.6 is 10.8 Å². The molecular formula is C16H18O2S2. The predicted molar refractivity (Wildman–Crippen MR) is 87.1 cm³/mol. The van der Waals surface area contributed by atoms with Crippen molar-refractivity contribution in [2.75, 3.05) is 6.26 Å². The third kappa shape index (κ3) is 3.44. The summed E-state index contributed by atoms with van der Waals surface area (Å²) in [6, 6.07) is 11.8. The fourth-order valence-corrected chi connectivity index (χ4v) is 4.17. The minimum absolute atomic E-state index is 0.828. The highest BCUT2D eigenvalue weighted by molar-refractivity contribution is 8.69. The van der Waals surface area contributed by atoms with Crippen molar-refractivity contribution >= 4 is 20.6 Å². The molecule has 2 rings (SSSR count). The van der Waals surface area contributed by atoms with E-state index >= 15 is 0 Å². The van der Waals surface area contributed by atoms with Crippen LogP contribution in [0.4, 0.5) is 0 Å². The van der Waals surface area contributed by atoms with E-state index in [4.69, 9.17) is 4.74 Å². The normalized spacial score (nSPS) is 12.2. The highest BCUT2D eigenvalue weighted by Crippen LogP contribution is 2.36. The molecule has 2 nitrogen and oxygen atoms in total. The van der Waals surface area contributed by atoms with Crippen LogP contribution in [0.5, 0.6) is 11.5 Å². The monoisotopic (exact) mass is 306 g/mol. The van der Waals surface area contributed by atoms with E-state index in [0.29, 0.717) is 0 Å². The zero-order valence-electron chi connectivity index (χ0n) is 12.1. The number of hydrogen-bond acceptors (Lipinski definition) is 3. The molecule has 0 spiro atoms. The van der Waals surface area contributed by atoms with E-state index in [1.165, 1.54) is 10.8 Å². The molecule has 0 radical (unpaired) electrons. The average Bonchev–Trinajstić information content (AvgIpc) is 2.42. The van der Waals surface area contributed by atoms with Gasteiger partial charge in [-0.1, -0.05) is 18.2 Å². The molecule has 2 aromatic carbocycles. The maximum atomic E-state index is 11.4. The standard InChI is InChI=1S/C16H18O2S2/c1-11-10-15(18-14-8-6-5-7-9-14)12(2)13(3)16(11)19-20(4)17/h5-10H,1-4H3. The second-order valence-electron chi connectivity index (χ2n) is 4.67. The zero-order chi connectivity index (χ0) is 14.7. The van der Waals surface area contributed by atoms with Crippen LogP contribution in [0.25, 0.3) is 0 Å². The van der Waals surface area contributed by atoms with Crippen molar-refractivity contribution in [2.45, 2.75) is 25.7 Å². The Morgan fingerprint density at radius 3 is 2.30 bits per heavy atom. The fourth-order valence-electron chi connectivity index (χ4n) is 1.99. The molecule has 0 aliphatic heterocycles. The summed E-state index contributed by atoms with van der Waals surface area (Å²) in [4.78, 5) is 1.09. The number of ether oxygens (including phenoxy) is 1. The third-order valence-corrected chi connectivity index (χ3v) is 5.38. The van der Waals surface area contributed by atoms with Gasteiger partial charge in [0.2, 0.25) is 0 Å². The van der Waals surface area contributed by atoms with E-state index < -0.39 is 9.83 Å². The molecule has 0 amide bonds. The first-order valence-corrected chi connectivity index (χ1v) is 9.23. The lowest BCUT2D eigenvalue weighted by Gasteiger charge is -2.16. The van der Waals surface area contributed by atoms with Crippen LogP contribution in [0, 0.1) is 20.8 Å². The van der Waals surface area contributed by atoms with Crippen LogP contribution in [-0.2, 0) is 9.83 Å². The second kappa shape index (κ2) is 6.46. The Kier molecular flexibility index (Phi) is 4.89. The van der Waals surface area contributed by atoms with Gasteiger partial charge in [0.15, 0.2) is 0 Å². The molecular weight excluding hydrogens is 288 g/mol. The summed E-state index contributed by atoms with van der Waals surface area (Å²) >= 11 is 0. The van der Waals surface area contributed by atoms with Crippen molar-refractivity contribution in [3.05, 3.63) is 53.1 Å². The van der Waals surface area contributed by atoms with Crippen molar-refractivity contribution in [1.82, 2.24) is 0 Å². The molecule has 0 saturated carbocycles. The van der Waals surface area contributed by atoms with Gasteiger partial charge in [0.1, 0.15) is 11.5 Å². The van der Waals surface area contributed by atoms with Gasteiger partial charge in [0.25, 0.3) is 0 Å². The maximum Gasteiger partial charge on any atom is 0.130 e. The maximum absolute atomic E-state index is 11.4. The average molecular weight is 306 g/mol. The SMILES string of the molecule is Cc1cc(Oc2ccccc2)c(C)c(C)c1SS(C)=O. The molecule has 0 saturated heterocycles. The van der Waals surface area contributed by atoms with Crippen LogP contribution in [0.2, 0.25) is 0 Å². The quantitative estimate of drug-likeness (QED) is 0.760. The van der Waals surface area contributed by atoms with E-state index in [1.54, 1.807) is 6.26 Å². The summed E-state index contributed by atoms with van der Waals surface area (Å²) < 4.78 is 17.4. The highest BCUT2D eigenvalue weighted by atomic mass is 33.1. The van der Waals surface area contributed by atoms with Crippen molar-refractivity contribution in [1.29, 1.82) is 0 Å². The van der Waals surface area contributed by atoms with Crippen LogP contribution in [0.3, 0.4) is 0 Å². The summed E-state index contributed by atoms with van der Waals surface area (Å²) in [5, 5.41) is 0. The summed E-state index contributed by atoms with van der Waals surface area (Å²) in [5.74, 6) is 1.69. The third-order valence-electron chi connectivity index (χ3n) is 3.15. The largest absolute Gasteiger partial charge is 0.457 e. The van der Waals surface area contributed by atoms with Gasteiger partial charge in [-0.15, -0.1) is 0 Å². The van der Waals surface area contributed by atoms with Crippen LogP contribution in [0.1, 0.15) is 16.7 Å². The Morgan fingerprint density at radius 1 is 1.05 bits per heavy atom. The number of rotatable bonds is 4. The lowest BCUT2D eigenvalue weighted by molar-refractivity contribution is 0.477. The predicted octanol–water partition coefficient (Wildman–Crippen LogP) is 4.79. The molecule has 1 unspecified atom stereocenters. The topological polar surface area (TPSA) is 26.3 Å². The van der Waals surface area contributed by atoms with Crippen molar-refractivity contribution in [3.63, 3.8) is 0 Å².